The summed E-state index contributed by atoms with van der Waals surface area (Å²) in [6.45, 7) is 7.16. The highest BCUT2D eigenvalue weighted by Crippen LogP contribution is 2.33. The number of carbonyl (C=O) groups is 3. The van der Waals surface area contributed by atoms with Gasteiger partial charge in [0.05, 0.1) is 7.11 Å². The van der Waals surface area contributed by atoms with E-state index in [2.05, 4.69) is 10.6 Å². The molecule has 2 heterocycles. The predicted octanol–water partition coefficient (Wildman–Crippen LogP) is 3.24. The molecule has 0 radical (unpaired) electrons. The maximum Gasteiger partial charge on any atom is 0.253 e. The minimum Gasteiger partial charge on any atom is -0.497 e. The summed E-state index contributed by atoms with van der Waals surface area (Å²) < 4.78 is 15.9. The van der Waals surface area contributed by atoms with Crippen molar-refractivity contribution < 1.29 is 28.6 Å². The molecule has 198 valence electrons. The van der Waals surface area contributed by atoms with Crippen molar-refractivity contribution in [2.24, 2.45) is 11.8 Å². The fourth-order valence-electron chi connectivity index (χ4n) is 4.49. The Kier molecular flexibility index (Phi) is 8.21. The second-order valence-electron chi connectivity index (χ2n) is 9.92. The fraction of sp³-hybridized carbons (Fsp3) is 0.464. The molecule has 2 N–H and O–H groups in total. The van der Waals surface area contributed by atoms with Gasteiger partial charge in [-0.1, -0.05) is 13.8 Å². The second-order valence-corrected chi connectivity index (χ2v) is 9.92. The van der Waals surface area contributed by atoms with Crippen LogP contribution in [0.4, 0.5) is 0 Å². The van der Waals surface area contributed by atoms with Crippen LogP contribution in [-0.4, -0.2) is 61.7 Å². The van der Waals surface area contributed by atoms with Gasteiger partial charge in [0.25, 0.3) is 11.8 Å². The van der Waals surface area contributed by atoms with E-state index in [9.17, 15) is 14.4 Å². The minimum atomic E-state index is -0.710. The van der Waals surface area contributed by atoms with Crippen LogP contribution < -0.4 is 24.8 Å². The minimum absolute atomic E-state index is 0.0411. The summed E-state index contributed by atoms with van der Waals surface area (Å²) in [7, 11) is 1.56. The molecule has 0 aliphatic carbocycles. The van der Waals surface area contributed by atoms with Crippen LogP contribution in [0, 0.1) is 11.8 Å². The number of carbonyl (C=O) groups excluding carboxylic acids is 3. The quantitative estimate of drug-likeness (QED) is 0.566. The van der Waals surface area contributed by atoms with Crippen LogP contribution in [0.3, 0.4) is 0 Å². The number of rotatable bonds is 8. The molecule has 2 aromatic rings. The number of nitrogens with zero attached hydrogens (tertiary/aromatic N) is 1. The Labute approximate surface area is 217 Å². The lowest BCUT2D eigenvalue weighted by Crippen LogP contribution is -2.55. The van der Waals surface area contributed by atoms with Crippen LogP contribution in [0.2, 0.25) is 0 Å². The standard InChI is InChI=1S/C28H35N3O6/c1-17(2)18(3)29-27(33)25(30-26(32)20-5-8-22(35-4)9-6-20)19-11-13-31(14-12-19)28(34)21-7-10-23-24(15-21)37-16-36-23/h5-10,15,17-19,25H,11-14,16H2,1-4H3,(H,29,33)(H,30,32)/t18-,25-/m1/s1. The van der Waals surface area contributed by atoms with Crippen LogP contribution in [-0.2, 0) is 4.79 Å². The van der Waals surface area contributed by atoms with Crippen molar-refractivity contribution in [2.75, 3.05) is 27.0 Å². The van der Waals surface area contributed by atoms with Crippen molar-refractivity contribution >= 4 is 17.7 Å². The largest absolute Gasteiger partial charge is 0.497 e. The van der Waals surface area contributed by atoms with Gasteiger partial charge < -0.3 is 29.7 Å². The van der Waals surface area contributed by atoms with Crippen LogP contribution >= 0.6 is 0 Å². The molecule has 0 unspecified atom stereocenters. The van der Waals surface area contributed by atoms with Crippen molar-refractivity contribution in [3.63, 3.8) is 0 Å². The first-order valence-corrected chi connectivity index (χ1v) is 12.7. The first-order valence-electron chi connectivity index (χ1n) is 12.7. The monoisotopic (exact) mass is 509 g/mol. The first-order chi connectivity index (χ1) is 17.8. The van der Waals surface area contributed by atoms with Crippen molar-refractivity contribution in [3.8, 4) is 17.2 Å². The van der Waals surface area contributed by atoms with Crippen molar-refractivity contribution in [3.05, 3.63) is 53.6 Å². The molecule has 0 spiro atoms. The number of methoxy groups -OCH3 is 1. The molecule has 2 aliphatic rings. The molecule has 4 rings (SSSR count). The van der Waals surface area contributed by atoms with Gasteiger partial charge in [0, 0.05) is 30.3 Å². The van der Waals surface area contributed by atoms with Gasteiger partial charge in [0.1, 0.15) is 11.8 Å². The summed E-state index contributed by atoms with van der Waals surface area (Å²) in [5.41, 5.74) is 0.987. The number of hydrogen-bond donors (Lipinski definition) is 2. The van der Waals surface area contributed by atoms with E-state index in [4.69, 9.17) is 14.2 Å². The average Bonchev–Trinajstić information content (AvgIpc) is 3.39. The lowest BCUT2D eigenvalue weighted by molar-refractivity contribution is -0.125. The van der Waals surface area contributed by atoms with E-state index in [1.165, 1.54) is 0 Å². The Bertz CT molecular complexity index is 1130. The third-order valence-corrected chi connectivity index (χ3v) is 7.21. The normalized spacial score (nSPS) is 16.7. The molecule has 1 saturated heterocycles. The molecule has 0 saturated carbocycles. The maximum absolute atomic E-state index is 13.3. The SMILES string of the molecule is COc1ccc(C(=O)N[C@@H](C(=O)N[C@H](C)C(C)C)C2CCN(C(=O)c3ccc4c(c3)OCO4)CC2)cc1. The average molecular weight is 510 g/mol. The number of piperidine rings is 1. The highest BCUT2D eigenvalue weighted by Gasteiger charge is 2.35. The molecule has 2 atom stereocenters. The number of benzene rings is 2. The summed E-state index contributed by atoms with van der Waals surface area (Å²) in [5, 5.41) is 6.02. The predicted molar refractivity (Wildman–Crippen MR) is 138 cm³/mol. The van der Waals surface area contributed by atoms with Gasteiger partial charge >= 0.3 is 0 Å². The fourth-order valence-corrected chi connectivity index (χ4v) is 4.49. The molecular formula is C28H35N3O6. The van der Waals surface area contributed by atoms with E-state index < -0.39 is 6.04 Å². The topological polar surface area (TPSA) is 106 Å². The van der Waals surface area contributed by atoms with Crippen molar-refractivity contribution in [2.45, 2.75) is 45.7 Å². The van der Waals surface area contributed by atoms with Crippen LogP contribution in [0.5, 0.6) is 17.2 Å². The molecule has 37 heavy (non-hydrogen) atoms. The van der Waals surface area contributed by atoms with E-state index in [-0.39, 0.29) is 42.4 Å². The van der Waals surface area contributed by atoms with Crippen LogP contribution in [0.15, 0.2) is 42.5 Å². The Morgan fingerprint density at radius 1 is 0.919 bits per heavy atom. The summed E-state index contributed by atoms with van der Waals surface area (Å²) in [6, 6.07) is 11.2. The van der Waals surface area contributed by atoms with Gasteiger partial charge in [-0.05, 0) is 74.1 Å². The van der Waals surface area contributed by atoms with E-state index in [1.54, 1.807) is 54.5 Å². The summed E-state index contributed by atoms with van der Waals surface area (Å²) in [5.74, 6) is 1.38. The van der Waals surface area contributed by atoms with Gasteiger partial charge in [-0.15, -0.1) is 0 Å². The molecule has 0 bridgehead atoms. The molecule has 1 fully saturated rings. The number of fused-ring (bicyclic) bond motifs is 1. The van der Waals surface area contributed by atoms with Crippen LogP contribution in [0.25, 0.3) is 0 Å². The van der Waals surface area contributed by atoms with E-state index in [1.807, 2.05) is 20.8 Å². The highest BCUT2D eigenvalue weighted by atomic mass is 16.7. The zero-order chi connectivity index (χ0) is 26.5. The molecule has 9 heteroatoms. The maximum atomic E-state index is 13.3. The Morgan fingerprint density at radius 2 is 1.57 bits per heavy atom. The summed E-state index contributed by atoms with van der Waals surface area (Å²) in [4.78, 5) is 41.3. The van der Waals surface area contributed by atoms with Crippen LogP contribution in [0.1, 0.15) is 54.3 Å². The molecular weight excluding hydrogens is 474 g/mol. The number of likely N-dealkylation sites (tertiary alicyclic amines) is 1. The smallest absolute Gasteiger partial charge is 0.253 e. The Balaban J connectivity index is 1.44. The molecule has 9 nitrogen and oxygen atoms in total. The molecule has 3 amide bonds. The van der Waals surface area contributed by atoms with E-state index >= 15 is 0 Å². The second kappa shape index (κ2) is 11.5. The number of ether oxygens (including phenoxy) is 3. The third kappa shape index (κ3) is 6.15. The molecule has 0 aromatic heterocycles. The zero-order valence-electron chi connectivity index (χ0n) is 21.8. The van der Waals surface area contributed by atoms with Gasteiger partial charge in [-0.25, -0.2) is 0 Å². The van der Waals surface area contributed by atoms with Gasteiger partial charge in [0.2, 0.25) is 12.7 Å². The lowest BCUT2D eigenvalue weighted by Gasteiger charge is -2.36. The number of nitrogens with one attached hydrogen (secondary N) is 2. The highest BCUT2D eigenvalue weighted by molar-refractivity contribution is 5.98. The third-order valence-electron chi connectivity index (χ3n) is 7.21. The van der Waals surface area contributed by atoms with Gasteiger partial charge in [0.15, 0.2) is 11.5 Å². The summed E-state index contributed by atoms with van der Waals surface area (Å²) >= 11 is 0. The number of amides is 3. The summed E-state index contributed by atoms with van der Waals surface area (Å²) in [6.07, 6.45) is 1.18. The van der Waals surface area contributed by atoms with Crippen molar-refractivity contribution in [1.82, 2.24) is 15.5 Å². The zero-order valence-corrected chi connectivity index (χ0v) is 21.8. The first kappa shape index (κ1) is 26.3. The van der Waals surface area contributed by atoms with E-state index in [0.29, 0.717) is 54.3 Å². The number of hydrogen-bond acceptors (Lipinski definition) is 6. The molecule has 2 aromatic carbocycles. The van der Waals surface area contributed by atoms with Gasteiger partial charge in [-0.2, -0.15) is 0 Å². The molecule has 2 aliphatic heterocycles. The Morgan fingerprint density at radius 3 is 2.22 bits per heavy atom. The Hall–Kier alpha value is -3.75. The lowest BCUT2D eigenvalue weighted by atomic mass is 9.87. The van der Waals surface area contributed by atoms with Crippen molar-refractivity contribution in [1.29, 1.82) is 0 Å². The van der Waals surface area contributed by atoms with Gasteiger partial charge in [-0.3, -0.25) is 14.4 Å². The van der Waals surface area contributed by atoms with E-state index in [0.717, 1.165) is 0 Å².